The molecule has 10 nitrogen and oxygen atoms in total. The predicted octanol–water partition coefficient (Wildman–Crippen LogP) is 1.96. The molecule has 0 unspecified atom stereocenters. The molecule has 0 radical (unpaired) electrons. The molecule has 3 heterocycles. The summed E-state index contributed by atoms with van der Waals surface area (Å²) in [6.45, 7) is 4.31. The number of rotatable bonds is 8. The van der Waals surface area contributed by atoms with Gasteiger partial charge in [0.05, 0.1) is 12.0 Å². The fourth-order valence-electron chi connectivity index (χ4n) is 5.73. The number of piperidine rings is 2. The van der Waals surface area contributed by atoms with Crippen molar-refractivity contribution < 1.29 is 53.9 Å². The quantitative estimate of drug-likeness (QED) is 0.350. The Morgan fingerprint density at radius 3 is 2.21 bits per heavy atom. The zero-order valence-electron chi connectivity index (χ0n) is 23.4. The van der Waals surface area contributed by atoms with E-state index in [-0.39, 0.29) is 32.2 Å². The normalized spacial score (nSPS) is 27.7. The number of sulfone groups is 1. The smallest absolute Gasteiger partial charge is 0.356 e. The van der Waals surface area contributed by atoms with Gasteiger partial charge in [0.1, 0.15) is 12.1 Å². The minimum atomic E-state index is -5.36. The van der Waals surface area contributed by atoms with E-state index in [4.69, 9.17) is 0 Å². The van der Waals surface area contributed by atoms with Gasteiger partial charge in [-0.1, -0.05) is 20.8 Å². The van der Waals surface area contributed by atoms with E-state index in [1.54, 1.807) is 5.32 Å². The number of carbonyl (C=O) groups is 4. The van der Waals surface area contributed by atoms with E-state index >= 15 is 8.78 Å². The van der Waals surface area contributed by atoms with Crippen LogP contribution in [0, 0.1) is 17.3 Å². The highest BCUT2D eigenvalue weighted by atomic mass is 32.2. The largest absolute Gasteiger partial charge is 0.471 e. The van der Waals surface area contributed by atoms with Gasteiger partial charge in [0.25, 0.3) is 5.92 Å². The molecule has 3 aliphatic heterocycles. The van der Waals surface area contributed by atoms with Crippen molar-refractivity contribution in [1.82, 2.24) is 20.9 Å². The van der Waals surface area contributed by atoms with Gasteiger partial charge in [0, 0.05) is 31.2 Å². The first-order chi connectivity index (χ1) is 19.0. The molecule has 0 aromatic rings. The van der Waals surface area contributed by atoms with Crippen LogP contribution < -0.4 is 16.0 Å². The van der Waals surface area contributed by atoms with Gasteiger partial charge in [-0.05, 0) is 37.2 Å². The van der Waals surface area contributed by atoms with Gasteiger partial charge >= 0.3 is 12.1 Å². The first-order valence-electron chi connectivity index (χ1n) is 13.3. The Bertz CT molecular complexity index is 1250. The van der Waals surface area contributed by atoms with Crippen molar-refractivity contribution in [2.45, 2.75) is 89.1 Å². The second kappa shape index (κ2) is 11.7. The number of nitrogens with zero attached hydrogens (tertiary/aromatic N) is 1. The number of halogens is 6. The van der Waals surface area contributed by atoms with Gasteiger partial charge < -0.3 is 20.9 Å². The third-order valence-electron chi connectivity index (χ3n) is 7.82. The highest BCUT2D eigenvalue weighted by molar-refractivity contribution is 7.94. The van der Waals surface area contributed by atoms with E-state index < -0.39 is 98.6 Å². The second-order valence-electron chi connectivity index (χ2n) is 12.1. The topological polar surface area (TPSA) is 142 Å². The molecule has 2 bridgehead atoms. The van der Waals surface area contributed by atoms with Gasteiger partial charge in [-0.2, -0.15) is 17.6 Å². The van der Waals surface area contributed by atoms with Crippen molar-refractivity contribution in [3.8, 4) is 0 Å². The third-order valence-corrected chi connectivity index (χ3v) is 8.66. The van der Waals surface area contributed by atoms with Crippen LogP contribution in [0.5, 0.6) is 0 Å². The molecule has 0 aromatic carbocycles. The molecule has 1 aliphatic carbocycles. The zero-order valence-corrected chi connectivity index (χ0v) is 24.2. The molecule has 1 saturated carbocycles. The number of amides is 4. The van der Waals surface area contributed by atoms with Gasteiger partial charge in [-0.15, -0.1) is 0 Å². The van der Waals surface area contributed by atoms with Crippen LogP contribution in [0.4, 0.5) is 26.3 Å². The number of carbonyl (C=O) groups excluding carboxylic acids is 4. The number of hydrogen-bond acceptors (Lipinski definition) is 6. The summed E-state index contributed by atoms with van der Waals surface area (Å²) in [5.74, 6) is -11.3. The van der Waals surface area contributed by atoms with Gasteiger partial charge in [-0.25, -0.2) is 17.2 Å². The third kappa shape index (κ3) is 7.37. The molecular weight excluding hydrogens is 598 g/mol. The second-order valence-corrected chi connectivity index (χ2v) is 14.1. The number of nitrogens with one attached hydrogen (secondary N) is 3. The van der Waals surface area contributed by atoms with Crippen molar-refractivity contribution in [2.24, 2.45) is 17.3 Å². The molecule has 42 heavy (non-hydrogen) atoms. The Labute approximate surface area is 238 Å². The van der Waals surface area contributed by atoms with Gasteiger partial charge in [-0.3, -0.25) is 19.2 Å². The van der Waals surface area contributed by atoms with Crippen LogP contribution >= 0.6 is 0 Å². The van der Waals surface area contributed by atoms with Crippen LogP contribution in [0.25, 0.3) is 0 Å². The molecule has 4 rings (SSSR count). The van der Waals surface area contributed by atoms with E-state index in [2.05, 4.69) is 10.6 Å². The summed E-state index contributed by atoms with van der Waals surface area (Å²) in [6.07, 6.45) is -5.38. The van der Waals surface area contributed by atoms with Crippen LogP contribution in [0.2, 0.25) is 0 Å². The summed E-state index contributed by atoms with van der Waals surface area (Å²) in [5, 5.41) is 4.81. The van der Waals surface area contributed by atoms with E-state index in [9.17, 15) is 45.2 Å². The molecule has 17 heteroatoms. The number of alkyl halides is 5. The summed E-state index contributed by atoms with van der Waals surface area (Å²) in [4.78, 5) is 52.0. The number of hydrogen-bond donors (Lipinski definition) is 3. The lowest BCUT2D eigenvalue weighted by molar-refractivity contribution is -0.197. The molecule has 0 spiro atoms. The lowest BCUT2D eigenvalue weighted by Gasteiger charge is -2.55. The molecule has 238 valence electrons. The summed E-state index contributed by atoms with van der Waals surface area (Å²) in [7, 11) is -4.38. The van der Waals surface area contributed by atoms with Crippen molar-refractivity contribution in [2.75, 3.05) is 12.8 Å². The molecular formula is C25H34F6N4O6S. The first-order valence-corrected chi connectivity index (χ1v) is 15.2. The van der Waals surface area contributed by atoms with Crippen LogP contribution in [0.1, 0.15) is 52.9 Å². The Kier molecular flexibility index (Phi) is 9.36. The monoisotopic (exact) mass is 632 g/mol. The Morgan fingerprint density at radius 2 is 1.74 bits per heavy atom. The fourth-order valence-corrected chi connectivity index (χ4v) is 6.14. The molecule has 6 atom stereocenters. The highest BCUT2D eigenvalue weighted by Gasteiger charge is 2.61. The van der Waals surface area contributed by atoms with E-state index in [0.29, 0.717) is 12.3 Å². The van der Waals surface area contributed by atoms with E-state index in [0.717, 1.165) is 4.90 Å². The maximum atomic E-state index is 15.1. The maximum absolute atomic E-state index is 15.1. The molecule has 4 amide bonds. The Morgan fingerprint density at radius 1 is 1.12 bits per heavy atom. The number of fused-ring (bicyclic) bond motifs is 3. The van der Waals surface area contributed by atoms with Crippen molar-refractivity contribution in [3.05, 3.63) is 11.2 Å². The van der Waals surface area contributed by atoms with Crippen LogP contribution in [0.15, 0.2) is 11.2 Å². The van der Waals surface area contributed by atoms with Gasteiger partial charge in [0.2, 0.25) is 32.7 Å². The average Bonchev–Trinajstić information content (AvgIpc) is 3.22. The Balaban J connectivity index is 2.00. The minimum absolute atomic E-state index is 0.00808. The fraction of sp³-hybridized carbons (Fsp3) is 0.760. The molecule has 4 fully saturated rings. The minimum Gasteiger partial charge on any atom is -0.356 e. The summed E-state index contributed by atoms with van der Waals surface area (Å²) >= 11 is 0. The average molecular weight is 633 g/mol. The van der Waals surface area contributed by atoms with Crippen molar-refractivity contribution in [3.63, 3.8) is 0 Å². The van der Waals surface area contributed by atoms with Crippen molar-refractivity contribution in [1.29, 1.82) is 0 Å². The van der Waals surface area contributed by atoms with E-state index in [1.165, 1.54) is 20.8 Å². The lowest BCUT2D eigenvalue weighted by atomic mass is 9.70. The molecule has 0 aromatic heterocycles. The molecule has 3 N–H and O–H groups in total. The Hall–Kier alpha value is -2.85. The first kappa shape index (κ1) is 33.6. The van der Waals surface area contributed by atoms with Crippen LogP contribution in [-0.4, -0.2) is 86.0 Å². The summed E-state index contributed by atoms with van der Waals surface area (Å²) < 4.78 is 107. The van der Waals surface area contributed by atoms with Crippen molar-refractivity contribution >= 4 is 33.5 Å². The summed E-state index contributed by atoms with van der Waals surface area (Å²) in [5.41, 5.74) is -1.35. The molecule has 3 saturated heterocycles. The predicted molar refractivity (Wildman–Crippen MR) is 136 cm³/mol. The highest BCUT2D eigenvalue weighted by Crippen LogP contribution is 2.49. The summed E-state index contributed by atoms with van der Waals surface area (Å²) in [6, 6.07) is -6.56. The lowest BCUT2D eigenvalue weighted by Crippen LogP contribution is -2.71. The van der Waals surface area contributed by atoms with Crippen LogP contribution in [0.3, 0.4) is 0 Å². The van der Waals surface area contributed by atoms with E-state index in [1.807, 2.05) is 0 Å². The maximum Gasteiger partial charge on any atom is 0.471 e. The van der Waals surface area contributed by atoms with Crippen LogP contribution in [-0.2, 0) is 29.0 Å². The zero-order chi connectivity index (χ0) is 32.0. The standard InChI is InChI=1S/C25H34F6N4O6S/c1-23(2,3)18(34-22(39)25(29,30)31)21(38)35-14-5-6-15(24(27,28)11-14)17(35)20(37)33-13(10-16(26)42(4,40)41)9-12-7-8-32-19(12)36/h10,12-15,17-18H,5-9,11H2,1-4H3,(H,32,36)(H,33,37)(H,34,39)/b16-10-/t12-,13-,14-,15-,17+,18-/m0/s1. The van der Waals surface area contributed by atoms with Gasteiger partial charge in [0.15, 0.2) is 0 Å². The molecule has 4 aliphatic rings. The SMILES string of the molecule is CC(C)(C)[C@@H](NC(=O)C(F)(F)F)C(=O)N1[C@H]2CC[C@@H]([C@@H]1C(=O)N[C@H](/C=C(/F)S(C)(=O)=O)C[C@@H]1CCNC1=O)C(F)(F)C2.